The van der Waals surface area contributed by atoms with Crippen LogP contribution in [0.4, 0.5) is 4.39 Å². The van der Waals surface area contributed by atoms with Gasteiger partial charge in [-0.1, -0.05) is 0 Å². The van der Waals surface area contributed by atoms with E-state index in [0.717, 1.165) is 21.5 Å². The summed E-state index contributed by atoms with van der Waals surface area (Å²) in [5.41, 5.74) is 7.80. The largest absolute Gasteiger partial charge is 0.496 e. The SMILES string of the molecule is CN=CC(=CN)c1cc(F)c2nnc(Sc3ccc4nccc(OC)c4c3)n2c1. The number of ether oxygens (including phenoxy) is 1. The van der Waals surface area contributed by atoms with E-state index in [0.29, 0.717) is 16.3 Å². The molecule has 4 rings (SSSR count). The average molecular weight is 408 g/mol. The number of methoxy groups -OCH3 is 1. The number of aliphatic imine (C=N–C) groups is 1. The summed E-state index contributed by atoms with van der Waals surface area (Å²) >= 11 is 1.36. The monoisotopic (exact) mass is 408 g/mol. The van der Waals surface area contributed by atoms with Crippen LogP contribution in [0, 0.1) is 5.82 Å². The second kappa shape index (κ2) is 7.88. The van der Waals surface area contributed by atoms with Crippen LogP contribution in [0.15, 0.2) is 64.0 Å². The summed E-state index contributed by atoms with van der Waals surface area (Å²) in [5, 5.41) is 9.53. The molecule has 0 fully saturated rings. The summed E-state index contributed by atoms with van der Waals surface area (Å²) < 4.78 is 21.6. The number of pyridine rings is 2. The number of allylic oxidation sites excluding steroid dienone is 1. The second-order valence-electron chi connectivity index (χ2n) is 6.06. The smallest absolute Gasteiger partial charge is 0.200 e. The minimum Gasteiger partial charge on any atom is -0.496 e. The fourth-order valence-corrected chi connectivity index (χ4v) is 3.80. The third-order valence-electron chi connectivity index (χ3n) is 4.31. The van der Waals surface area contributed by atoms with Crippen molar-refractivity contribution in [3.05, 3.63) is 60.3 Å². The Labute approximate surface area is 170 Å². The first-order valence-corrected chi connectivity index (χ1v) is 9.45. The highest BCUT2D eigenvalue weighted by atomic mass is 32.2. The van der Waals surface area contributed by atoms with Crippen molar-refractivity contribution in [3.8, 4) is 5.75 Å². The molecule has 2 N–H and O–H groups in total. The van der Waals surface area contributed by atoms with E-state index in [-0.39, 0.29) is 5.65 Å². The molecule has 0 spiro atoms. The van der Waals surface area contributed by atoms with Gasteiger partial charge >= 0.3 is 0 Å². The van der Waals surface area contributed by atoms with Gasteiger partial charge in [-0.2, -0.15) is 0 Å². The first kappa shape index (κ1) is 18.9. The zero-order chi connectivity index (χ0) is 20.4. The molecule has 0 bridgehead atoms. The molecule has 29 heavy (non-hydrogen) atoms. The van der Waals surface area contributed by atoms with E-state index >= 15 is 0 Å². The number of hydrogen-bond acceptors (Lipinski definition) is 7. The van der Waals surface area contributed by atoms with E-state index < -0.39 is 5.82 Å². The molecule has 146 valence electrons. The zero-order valence-electron chi connectivity index (χ0n) is 15.7. The van der Waals surface area contributed by atoms with Gasteiger partial charge in [0.05, 0.1) is 12.6 Å². The Morgan fingerprint density at radius 1 is 1.28 bits per heavy atom. The summed E-state index contributed by atoms with van der Waals surface area (Å²) in [6, 6.07) is 8.96. The summed E-state index contributed by atoms with van der Waals surface area (Å²) in [4.78, 5) is 9.20. The summed E-state index contributed by atoms with van der Waals surface area (Å²) in [5.74, 6) is 0.239. The Kier molecular flexibility index (Phi) is 5.13. The number of halogens is 1. The Morgan fingerprint density at radius 3 is 2.90 bits per heavy atom. The van der Waals surface area contributed by atoms with Crippen molar-refractivity contribution in [2.45, 2.75) is 10.1 Å². The Bertz CT molecular complexity index is 1270. The molecule has 3 aromatic heterocycles. The van der Waals surface area contributed by atoms with Gasteiger partial charge in [-0.15, -0.1) is 10.2 Å². The highest BCUT2D eigenvalue weighted by Gasteiger charge is 2.14. The first-order valence-electron chi connectivity index (χ1n) is 8.64. The summed E-state index contributed by atoms with van der Waals surface area (Å²) in [6.07, 6.45) is 6.39. The lowest BCUT2D eigenvalue weighted by Gasteiger charge is -2.07. The van der Waals surface area contributed by atoms with Crippen molar-refractivity contribution in [2.75, 3.05) is 14.2 Å². The van der Waals surface area contributed by atoms with Crippen molar-refractivity contribution in [2.24, 2.45) is 10.7 Å². The predicted octanol–water partition coefficient (Wildman–Crippen LogP) is 3.58. The van der Waals surface area contributed by atoms with E-state index in [1.165, 1.54) is 24.0 Å². The molecular weight excluding hydrogens is 391 g/mol. The van der Waals surface area contributed by atoms with Gasteiger partial charge in [-0.3, -0.25) is 14.4 Å². The second-order valence-corrected chi connectivity index (χ2v) is 7.10. The molecule has 0 aliphatic carbocycles. The van der Waals surface area contributed by atoms with Crippen LogP contribution in [0.3, 0.4) is 0 Å². The number of aromatic nitrogens is 4. The van der Waals surface area contributed by atoms with Gasteiger partial charge in [0, 0.05) is 53.3 Å². The van der Waals surface area contributed by atoms with Crippen LogP contribution >= 0.6 is 11.8 Å². The highest BCUT2D eigenvalue weighted by Crippen LogP contribution is 2.32. The van der Waals surface area contributed by atoms with Crippen LogP contribution in [0.25, 0.3) is 22.1 Å². The molecule has 1 aromatic carbocycles. The van der Waals surface area contributed by atoms with Crippen LogP contribution in [0.2, 0.25) is 0 Å². The molecule has 0 aliphatic rings. The minimum atomic E-state index is -0.491. The average Bonchev–Trinajstić information content (AvgIpc) is 3.14. The van der Waals surface area contributed by atoms with Crippen LogP contribution in [-0.4, -0.2) is 40.0 Å². The van der Waals surface area contributed by atoms with Gasteiger partial charge in [-0.05, 0) is 42.1 Å². The Balaban J connectivity index is 1.79. The van der Waals surface area contributed by atoms with Gasteiger partial charge in [0.2, 0.25) is 5.16 Å². The number of rotatable bonds is 5. The maximum atomic E-state index is 14.6. The molecule has 0 aliphatic heterocycles. The molecule has 0 radical (unpaired) electrons. The van der Waals surface area contributed by atoms with Crippen LogP contribution in [0.1, 0.15) is 5.56 Å². The summed E-state index contributed by atoms with van der Waals surface area (Å²) in [7, 11) is 3.24. The van der Waals surface area contributed by atoms with Gasteiger partial charge in [0.25, 0.3) is 0 Å². The minimum absolute atomic E-state index is 0.140. The zero-order valence-corrected chi connectivity index (χ0v) is 16.5. The van der Waals surface area contributed by atoms with Crippen molar-refractivity contribution in [3.63, 3.8) is 0 Å². The van der Waals surface area contributed by atoms with E-state index in [1.54, 1.807) is 43.2 Å². The number of nitrogens with two attached hydrogens (primary N) is 1. The molecule has 0 saturated carbocycles. The van der Waals surface area contributed by atoms with E-state index in [2.05, 4.69) is 20.2 Å². The van der Waals surface area contributed by atoms with Crippen LogP contribution in [0.5, 0.6) is 5.75 Å². The number of hydrogen-bond donors (Lipinski definition) is 1. The quantitative estimate of drug-likeness (QED) is 0.508. The van der Waals surface area contributed by atoms with Crippen LogP contribution < -0.4 is 10.5 Å². The molecule has 0 saturated heterocycles. The maximum Gasteiger partial charge on any atom is 0.200 e. The lowest BCUT2D eigenvalue weighted by atomic mass is 10.1. The van der Waals surface area contributed by atoms with E-state index in [9.17, 15) is 4.39 Å². The molecule has 3 heterocycles. The third-order valence-corrected chi connectivity index (χ3v) is 5.26. The fraction of sp³-hybridized carbons (Fsp3) is 0.100. The standard InChI is InChI=1S/C20H17FN6OS/c1-23-10-13(9-22)12-7-16(21)19-25-26-20(27(19)11-12)29-14-3-4-17-15(8-14)18(28-2)5-6-24-17/h3-11H,22H2,1-2H3. The molecule has 4 aromatic rings. The molecular formula is C20H17FN6OS. The molecule has 0 amide bonds. The van der Waals surface area contributed by atoms with Gasteiger partial charge in [0.1, 0.15) is 5.75 Å². The fourth-order valence-electron chi connectivity index (χ4n) is 2.96. The number of benzene rings is 1. The molecule has 9 heteroatoms. The molecule has 0 unspecified atom stereocenters. The topological polar surface area (TPSA) is 90.7 Å². The van der Waals surface area contributed by atoms with E-state index in [4.69, 9.17) is 10.5 Å². The van der Waals surface area contributed by atoms with Crippen molar-refractivity contribution >= 4 is 40.1 Å². The molecule has 0 atom stereocenters. The van der Waals surface area contributed by atoms with Crippen molar-refractivity contribution < 1.29 is 9.13 Å². The van der Waals surface area contributed by atoms with Crippen LogP contribution in [-0.2, 0) is 0 Å². The van der Waals surface area contributed by atoms with Gasteiger partial charge in [-0.25, -0.2) is 4.39 Å². The summed E-state index contributed by atoms with van der Waals surface area (Å²) in [6.45, 7) is 0. The highest BCUT2D eigenvalue weighted by molar-refractivity contribution is 7.99. The maximum absolute atomic E-state index is 14.6. The van der Waals surface area contributed by atoms with Gasteiger partial charge in [0.15, 0.2) is 11.5 Å². The Hall–Kier alpha value is -3.46. The third kappa shape index (κ3) is 3.52. The number of fused-ring (bicyclic) bond motifs is 2. The molecule has 7 nitrogen and oxygen atoms in total. The van der Waals surface area contributed by atoms with Gasteiger partial charge < -0.3 is 10.5 Å². The van der Waals surface area contributed by atoms with Crippen molar-refractivity contribution in [1.82, 2.24) is 19.6 Å². The lowest BCUT2D eigenvalue weighted by Crippen LogP contribution is -1.98. The predicted molar refractivity (Wildman–Crippen MR) is 112 cm³/mol. The normalized spacial score (nSPS) is 12.3. The van der Waals surface area contributed by atoms with E-state index in [1.807, 2.05) is 18.2 Å². The van der Waals surface area contributed by atoms with Crippen molar-refractivity contribution in [1.29, 1.82) is 0 Å². The lowest BCUT2D eigenvalue weighted by molar-refractivity contribution is 0.419. The number of nitrogens with zero attached hydrogens (tertiary/aromatic N) is 5. The Morgan fingerprint density at radius 2 is 2.14 bits per heavy atom. The first-order chi connectivity index (χ1) is 14.1.